The van der Waals surface area contributed by atoms with Gasteiger partial charge in [0, 0.05) is 37.1 Å². The third-order valence-corrected chi connectivity index (χ3v) is 6.30. The summed E-state index contributed by atoms with van der Waals surface area (Å²) in [5.74, 6) is -3.98. The molecule has 1 saturated carbocycles. The number of carbonyl (C=O) groups excluding carboxylic acids is 3. The number of halogens is 2. The Morgan fingerprint density at radius 3 is 2.33 bits per heavy atom. The van der Waals surface area contributed by atoms with Gasteiger partial charge in [-0.3, -0.25) is 19.5 Å². The molecule has 1 aromatic heterocycles. The van der Waals surface area contributed by atoms with Crippen molar-refractivity contribution in [3.63, 3.8) is 0 Å². The van der Waals surface area contributed by atoms with Crippen LogP contribution in [-0.4, -0.2) is 47.1 Å². The summed E-state index contributed by atoms with van der Waals surface area (Å²) in [4.78, 5) is 37.4. The van der Waals surface area contributed by atoms with Crippen LogP contribution in [-0.2, 0) is 0 Å². The Morgan fingerprint density at radius 1 is 0.972 bits per heavy atom. The summed E-state index contributed by atoms with van der Waals surface area (Å²) in [5.41, 5.74) is 3.93. The third-order valence-electron chi connectivity index (χ3n) is 6.30. The van der Waals surface area contributed by atoms with Crippen LogP contribution in [0.2, 0.25) is 0 Å². The summed E-state index contributed by atoms with van der Waals surface area (Å²) in [6.45, 7) is 0. The van der Waals surface area contributed by atoms with E-state index < -0.39 is 29.0 Å². The van der Waals surface area contributed by atoms with E-state index in [2.05, 4.69) is 31.9 Å². The van der Waals surface area contributed by atoms with Crippen LogP contribution in [0.15, 0.2) is 42.6 Å². The maximum absolute atomic E-state index is 15.3. The van der Waals surface area contributed by atoms with E-state index in [1.54, 1.807) is 0 Å². The predicted molar refractivity (Wildman–Crippen MR) is 128 cm³/mol. The molecule has 0 spiro atoms. The third kappa shape index (κ3) is 5.25. The molecule has 0 unspecified atom stereocenters. The maximum Gasteiger partial charge on any atom is 0.271 e. The molecule has 2 aromatic carbocycles. The fraction of sp³-hybridized carbons (Fsp3) is 0.280. The molecule has 36 heavy (non-hydrogen) atoms. The van der Waals surface area contributed by atoms with Gasteiger partial charge in [-0.05, 0) is 42.7 Å². The molecule has 0 aliphatic heterocycles. The van der Waals surface area contributed by atoms with Crippen LogP contribution in [0.5, 0.6) is 0 Å². The molecule has 7 N–H and O–H groups in total. The summed E-state index contributed by atoms with van der Waals surface area (Å²) in [7, 11) is 1.49. The number of nitrogens with zero attached hydrogens (tertiary/aromatic N) is 1. The predicted octanol–water partition coefficient (Wildman–Crippen LogP) is 2.25. The fourth-order valence-corrected chi connectivity index (χ4v) is 4.23. The van der Waals surface area contributed by atoms with Gasteiger partial charge >= 0.3 is 0 Å². The zero-order chi connectivity index (χ0) is 25.8. The van der Waals surface area contributed by atoms with Gasteiger partial charge in [0.15, 0.2) is 0 Å². The van der Waals surface area contributed by atoms with Crippen LogP contribution in [0.4, 0.5) is 14.5 Å². The normalized spacial score (nSPS) is 17.3. The van der Waals surface area contributed by atoms with E-state index >= 15 is 4.39 Å². The minimum Gasteiger partial charge on any atom is -0.355 e. The first-order valence-corrected chi connectivity index (χ1v) is 11.6. The van der Waals surface area contributed by atoms with Crippen molar-refractivity contribution in [3.8, 4) is 11.1 Å². The average molecular weight is 498 g/mol. The van der Waals surface area contributed by atoms with E-state index in [1.807, 2.05) is 0 Å². The lowest BCUT2D eigenvalue weighted by atomic mass is 9.92. The van der Waals surface area contributed by atoms with Gasteiger partial charge in [0.1, 0.15) is 22.9 Å². The molecule has 4 rings (SSSR count). The van der Waals surface area contributed by atoms with Crippen LogP contribution >= 0.6 is 0 Å². The van der Waals surface area contributed by atoms with E-state index in [4.69, 9.17) is 0 Å². The molecule has 3 aromatic rings. The monoisotopic (exact) mass is 497 g/mol. The first-order valence-electron chi connectivity index (χ1n) is 11.6. The summed E-state index contributed by atoms with van der Waals surface area (Å²) in [5, 5.41) is 14.1. The number of H-pyrrole nitrogens is 1. The number of nitrogens with one attached hydrogen (secondary N) is 4. The summed E-state index contributed by atoms with van der Waals surface area (Å²) in [6.07, 6.45) is 4.60. The quantitative estimate of drug-likeness (QED) is 0.356. The lowest BCUT2D eigenvalue weighted by Crippen LogP contribution is -2.62. The average Bonchev–Trinajstić information content (AvgIpc) is 3.33. The molecule has 1 fully saturated rings. The van der Waals surface area contributed by atoms with Gasteiger partial charge in [0.05, 0.1) is 17.9 Å². The molecule has 3 amide bonds. The first kappa shape index (κ1) is 25.0. The SMILES string of the molecule is CNC(=O)c1ccc(-c2ccc(F)c(C(=O)Nc3cn[nH]c3C(=O)NC3CCC([NH3+])CC3)c2F)cc1. The van der Waals surface area contributed by atoms with E-state index in [9.17, 15) is 18.8 Å². The zero-order valence-electron chi connectivity index (χ0n) is 19.7. The molecule has 1 aliphatic carbocycles. The molecule has 9 nitrogen and oxygen atoms in total. The van der Waals surface area contributed by atoms with Crippen molar-refractivity contribution in [2.24, 2.45) is 0 Å². The van der Waals surface area contributed by atoms with Gasteiger partial charge in [-0.25, -0.2) is 8.78 Å². The molecule has 1 heterocycles. The van der Waals surface area contributed by atoms with Crippen molar-refractivity contribution >= 4 is 23.4 Å². The van der Waals surface area contributed by atoms with E-state index in [-0.39, 0.29) is 28.9 Å². The van der Waals surface area contributed by atoms with E-state index in [0.717, 1.165) is 31.7 Å². The first-order chi connectivity index (χ1) is 17.3. The molecule has 0 radical (unpaired) electrons. The van der Waals surface area contributed by atoms with Crippen molar-refractivity contribution in [2.75, 3.05) is 12.4 Å². The smallest absolute Gasteiger partial charge is 0.271 e. The van der Waals surface area contributed by atoms with Gasteiger partial charge in [-0.15, -0.1) is 0 Å². The molecule has 0 atom stereocenters. The highest BCUT2D eigenvalue weighted by Crippen LogP contribution is 2.28. The Kier molecular flexibility index (Phi) is 7.39. The molecule has 0 saturated heterocycles. The van der Waals surface area contributed by atoms with Crippen LogP contribution < -0.4 is 21.7 Å². The van der Waals surface area contributed by atoms with Gasteiger partial charge < -0.3 is 21.7 Å². The summed E-state index contributed by atoms with van der Waals surface area (Å²) in [6, 6.07) is 8.55. The number of aromatic nitrogens is 2. The van der Waals surface area contributed by atoms with Crippen molar-refractivity contribution in [2.45, 2.75) is 37.8 Å². The number of benzene rings is 2. The molecule has 1 aliphatic rings. The van der Waals surface area contributed by atoms with Crippen molar-refractivity contribution in [3.05, 3.63) is 71.1 Å². The second-order valence-corrected chi connectivity index (χ2v) is 8.74. The summed E-state index contributed by atoms with van der Waals surface area (Å²) >= 11 is 0. The van der Waals surface area contributed by atoms with Crippen LogP contribution in [0.3, 0.4) is 0 Å². The van der Waals surface area contributed by atoms with Gasteiger partial charge in [-0.1, -0.05) is 12.1 Å². The topological polar surface area (TPSA) is 144 Å². The van der Waals surface area contributed by atoms with Crippen molar-refractivity contribution < 1.29 is 28.9 Å². The Balaban J connectivity index is 1.53. The molecular weight excluding hydrogens is 470 g/mol. The number of carbonyl (C=O) groups is 3. The Bertz CT molecular complexity index is 1280. The molecule has 188 valence electrons. The number of quaternary nitrogens is 1. The Hall–Kier alpha value is -4.12. The largest absolute Gasteiger partial charge is 0.355 e. The highest BCUT2D eigenvalue weighted by Gasteiger charge is 2.26. The number of hydrogen-bond acceptors (Lipinski definition) is 4. The molecule has 0 bridgehead atoms. The fourth-order valence-electron chi connectivity index (χ4n) is 4.23. The number of anilines is 1. The van der Waals surface area contributed by atoms with E-state index in [0.29, 0.717) is 17.2 Å². The van der Waals surface area contributed by atoms with Gasteiger partial charge in [0.2, 0.25) is 0 Å². The number of hydrogen-bond donors (Lipinski definition) is 5. The minimum atomic E-state index is -1.07. The number of aromatic amines is 1. The van der Waals surface area contributed by atoms with Gasteiger partial charge in [-0.2, -0.15) is 5.10 Å². The van der Waals surface area contributed by atoms with Crippen LogP contribution in [0.1, 0.15) is 56.9 Å². The van der Waals surface area contributed by atoms with Crippen LogP contribution in [0, 0.1) is 11.6 Å². The van der Waals surface area contributed by atoms with Crippen LogP contribution in [0.25, 0.3) is 11.1 Å². The molecular formula is C25H27F2N6O3+. The zero-order valence-corrected chi connectivity index (χ0v) is 19.7. The molecule has 11 heteroatoms. The number of rotatable bonds is 6. The van der Waals surface area contributed by atoms with E-state index in [1.165, 1.54) is 43.6 Å². The minimum absolute atomic E-state index is 0.00229. The lowest BCUT2D eigenvalue weighted by Gasteiger charge is -2.25. The second-order valence-electron chi connectivity index (χ2n) is 8.74. The standard InChI is InChI=1S/C25H26F2N6O3/c1-29-23(34)14-4-2-13(3-5-14)17-10-11-18(26)20(21(17)27)24(35)32-19-12-30-33-22(19)25(36)31-16-8-6-15(28)7-9-16/h2-5,10-12,15-16H,6-9,28H2,1H3,(H,29,34)(H,30,33)(H,31,36)(H,32,35)/p+1. The van der Waals surface area contributed by atoms with Gasteiger partial charge in [0.25, 0.3) is 17.7 Å². The summed E-state index contributed by atoms with van der Waals surface area (Å²) < 4.78 is 29.9. The highest BCUT2D eigenvalue weighted by molar-refractivity contribution is 6.09. The Labute approximate surface area is 205 Å². The second kappa shape index (κ2) is 10.6. The highest BCUT2D eigenvalue weighted by atomic mass is 19.1. The van der Waals surface area contributed by atoms with Crippen molar-refractivity contribution in [1.29, 1.82) is 0 Å². The maximum atomic E-state index is 15.3. The Morgan fingerprint density at radius 2 is 1.67 bits per heavy atom. The van der Waals surface area contributed by atoms with Crippen molar-refractivity contribution in [1.82, 2.24) is 20.8 Å². The number of amides is 3. The lowest BCUT2D eigenvalue weighted by molar-refractivity contribution is -0.425.